The topological polar surface area (TPSA) is 125 Å². The summed E-state index contributed by atoms with van der Waals surface area (Å²) in [5.41, 5.74) is 1.88. The summed E-state index contributed by atoms with van der Waals surface area (Å²) in [6.07, 6.45) is 11.3. The van der Waals surface area contributed by atoms with Crippen LogP contribution >= 0.6 is 0 Å². The van der Waals surface area contributed by atoms with Crippen LogP contribution in [-0.4, -0.2) is 57.9 Å². The summed E-state index contributed by atoms with van der Waals surface area (Å²) in [5.74, 6) is 1.14. The van der Waals surface area contributed by atoms with Crippen molar-refractivity contribution < 1.29 is 18.0 Å². The van der Waals surface area contributed by atoms with Crippen molar-refractivity contribution in [3.63, 3.8) is 0 Å². The highest BCUT2D eigenvalue weighted by Crippen LogP contribution is 2.41. The molecule has 10 nitrogen and oxygen atoms in total. The highest BCUT2D eigenvalue weighted by molar-refractivity contribution is 7.92. The molecule has 3 aromatic rings. The van der Waals surface area contributed by atoms with Gasteiger partial charge in [-0.05, 0) is 48.4 Å². The van der Waals surface area contributed by atoms with Crippen LogP contribution in [0.1, 0.15) is 83.3 Å². The summed E-state index contributed by atoms with van der Waals surface area (Å²) in [6.45, 7) is 7.38. The first-order valence-corrected chi connectivity index (χ1v) is 17.7. The molecule has 0 atom stereocenters. The molecule has 6 rings (SSSR count). The molecule has 3 heterocycles. The Morgan fingerprint density at radius 3 is 2.41 bits per heavy atom. The van der Waals surface area contributed by atoms with E-state index < -0.39 is 21.0 Å². The first kappa shape index (κ1) is 31.8. The van der Waals surface area contributed by atoms with Crippen molar-refractivity contribution >= 4 is 33.5 Å². The van der Waals surface area contributed by atoms with E-state index in [0.29, 0.717) is 30.8 Å². The van der Waals surface area contributed by atoms with E-state index in [0.717, 1.165) is 68.3 Å². The molecule has 1 aliphatic carbocycles. The van der Waals surface area contributed by atoms with Crippen LogP contribution in [0.5, 0.6) is 0 Å². The van der Waals surface area contributed by atoms with E-state index in [4.69, 9.17) is 4.99 Å². The molecular weight excluding hydrogens is 600 g/mol. The number of benzene rings is 2. The number of anilines is 1. The van der Waals surface area contributed by atoms with Gasteiger partial charge in [0, 0.05) is 42.9 Å². The first-order chi connectivity index (χ1) is 22.0. The van der Waals surface area contributed by atoms with Crippen LogP contribution < -0.4 is 4.72 Å². The van der Waals surface area contributed by atoms with Gasteiger partial charge in [-0.1, -0.05) is 76.4 Å². The number of hydrogen-bond donors (Lipinski definition) is 1. The number of carbonyl (C=O) groups is 2. The maximum absolute atomic E-state index is 13.9. The van der Waals surface area contributed by atoms with Gasteiger partial charge in [-0.2, -0.15) is 0 Å². The van der Waals surface area contributed by atoms with Gasteiger partial charge in [-0.3, -0.25) is 29.2 Å². The third-order valence-corrected chi connectivity index (χ3v) is 10.9. The fraction of sp³-hybridized carbons (Fsp3) is 0.457. The summed E-state index contributed by atoms with van der Waals surface area (Å²) < 4.78 is 29.9. The van der Waals surface area contributed by atoms with Crippen LogP contribution in [0.2, 0.25) is 0 Å². The number of amides is 2. The summed E-state index contributed by atoms with van der Waals surface area (Å²) in [6, 6.07) is 12.7. The van der Waals surface area contributed by atoms with Crippen molar-refractivity contribution in [3.05, 3.63) is 72.2 Å². The Morgan fingerprint density at radius 2 is 1.72 bits per heavy atom. The molecule has 46 heavy (non-hydrogen) atoms. The zero-order chi connectivity index (χ0) is 32.5. The second kappa shape index (κ2) is 12.6. The molecule has 0 radical (unpaired) electrons. The SMILES string of the molecule is CCCCC1=NC2(CCCC2)C(=O)N1Cc1ccc(-c2ccccc2S(=O)(=O)Nc2cnccn2)c(CN2CCC(C)(C)C2=O)c1. The van der Waals surface area contributed by atoms with E-state index in [2.05, 4.69) is 21.6 Å². The van der Waals surface area contributed by atoms with Crippen LogP contribution in [0.15, 0.2) is 70.9 Å². The van der Waals surface area contributed by atoms with Gasteiger partial charge >= 0.3 is 0 Å². The number of nitrogens with one attached hydrogen (secondary N) is 1. The average molecular weight is 643 g/mol. The van der Waals surface area contributed by atoms with Gasteiger partial charge in [-0.15, -0.1) is 0 Å². The smallest absolute Gasteiger partial charge is 0.263 e. The van der Waals surface area contributed by atoms with Crippen molar-refractivity contribution in [2.45, 2.75) is 95.7 Å². The Hall–Kier alpha value is -4.12. The molecule has 0 unspecified atom stereocenters. The minimum absolute atomic E-state index is 0.0703. The molecule has 1 saturated carbocycles. The molecule has 0 bridgehead atoms. The van der Waals surface area contributed by atoms with Gasteiger partial charge in [0.05, 0.1) is 17.6 Å². The predicted molar refractivity (Wildman–Crippen MR) is 177 cm³/mol. The number of carbonyl (C=O) groups excluding carboxylic acids is 2. The van der Waals surface area contributed by atoms with Crippen molar-refractivity contribution in [3.8, 4) is 11.1 Å². The summed E-state index contributed by atoms with van der Waals surface area (Å²) in [4.78, 5) is 44.1. The molecule has 2 amide bonds. The fourth-order valence-electron chi connectivity index (χ4n) is 6.89. The normalized spacial score (nSPS) is 18.9. The second-order valence-electron chi connectivity index (χ2n) is 13.3. The van der Waals surface area contributed by atoms with Crippen molar-refractivity contribution in [1.29, 1.82) is 0 Å². The maximum Gasteiger partial charge on any atom is 0.263 e. The first-order valence-electron chi connectivity index (χ1n) is 16.2. The van der Waals surface area contributed by atoms with E-state index in [1.807, 2.05) is 41.8 Å². The van der Waals surface area contributed by atoms with E-state index in [9.17, 15) is 18.0 Å². The average Bonchev–Trinajstić information content (AvgIpc) is 3.70. The number of amidine groups is 1. The lowest BCUT2D eigenvalue weighted by Gasteiger charge is -2.25. The van der Waals surface area contributed by atoms with Crippen LogP contribution in [0.25, 0.3) is 11.1 Å². The van der Waals surface area contributed by atoms with Crippen LogP contribution in [0.3, 0.4) is 0 Å². The molecule has 1 spiro atoms. The van der Waals surface area contributed by atoms with E-state index >= 15 is 0 Å². The Kier molecular flexibility index (Phi) is 8.71. The van der Waals surface area contributed by atoms with Crippen LogP contribution in [0.4, 0.5) is 5.82 Å². The number of aromatic nitrogens is 2. The van der Waals surface area contributed by atoms with Gasteiger partial charge in [0.25, 0.3) is 15.9 Å². The monoisotopic (exact) mass is 642 g/mol. The molecule has 2 aromatic carbocycles. The van der Waals surface area contributed by atoms with Crippen LogP contribution in [-0.2, 0) is 32.7 Å². The quantitative estimate of drug-likeness (QED) is 0.276. The molecule has 242 valence electrons. The standard InChI is InChI=1S/C35H42N6O4S/c1-4-5-12-31-38-35(15-8-9-16-35)33(43)41(31)23-25-13-14-27(26(21-25)24-40-20-17-34(2,3)32(40)42)28-10-6-7-11-29(28)46(44,45)39-30-22-36-18-19-37-30/h6-7,10-11,13-14,18-19,21-22H,4-5,8-9,12,15-17,20,23-24H2,1-3H3,(H,37,39). The lowest BCUT2D eigenvalue weighted by molar-refractivity contribution is -0.135. The number of rotatable bonds is 11. The molecule has 1 N–H and O–H groups in total. The number of sulfonamides is 1. The zero-order valence-corrected chi connectivity index (χ0v) is 27.6. The van der Waals surface area contributed by atoms with Crippen molar-refractivity contribution in [2.75, 3.05) is 11.3 Å². The minimum atomic E-state index is -4.03. The molecule has 1 aromatic heterocycles. The molecule has 3 aliphatic rings. The Labute approximate surface area is 271 Å². The molecule has 2 aliphatic heterocycles. The largest absolute Gasteiger partial charge is 0.338 e. The zero-order valence-electron chi connectivity index (χ0n) is 26.8. The highest BCUT2D eigenvalue weighted by Gasteiger charge is 2.49. The summed E-state index contributed by atoms with van der Waals surface area (Å²) >= 11 is 0. The van der Waals surface area contributed by atoms with Crippen molar-refractivity contribution in [1.82, 2.24) is 19.8 Å². The van der Waals surface area contributed by atoms with Gasteiger partial charge in [0.2, 0.25) is 5.91 Å². The third kappa shape index (κ3) is 6.17. The fourth-order valence-corrected chi connectivity index (χ4v) is 8.11. The Bertz CT molecular complexity index is 1770. The van der Waals surface area contributed by atoms with E-state index in [1.165, 1.54) is 18.6 Å². The number of hydrogen-bond acceptors (Lipinski definition) is 7. The number of aliphatic imine (C=N–C) groups is 1. The third-order valence-electron chi connectivity index (χ3n) is 9.50. The summed E-state index contributed by atoms with van der Waals surface area (Å²) in [5, 5.41) is 0. The Balaban J connectivity index is 1.38. The lowest BCUT2D eigenvalue weighted by Crippen LogP contribution is -2.40. The maximum atomic E-state index is 13.9. The van der Waals surface area contributed by atoms with E-state index in [1.54, 1.807) is 24.3 Å². The minimum Gasteiger partial charge on any atom is -0.338 e. The van der Waals surface area contributed by atoms with Gasteiger partial charge in [0.1, 0.15) is 11.4 Å². The van der Waals surface area contributed by atoms with E-state index in [-0.39, 0.29) is 22.5 Å². The summed E-state index contributed by atoms with van der Waals surface area (Å²) in [7, 11) is -4.03. The molecule has 11 heteroatoms. The predicted octanol–water partition coefficient (Wildman–Crippen LogP) is 5.95. The lowest BCUT2D eigenvalue weighted by atomic mass is 9.92. The number of likely N-dealkylation sites (tertiary alicyclic amines) is 1. The van der Waals surface area contributed by atoms with Crippen molar-refractivity contribution in [2.24, 2.45) is 10.4 Å². The number of nitrogens with zero attached hydrogens (tertiary/aromatic N) is 5. The molecular formula is C35H42N6O4S. The Morgan fingerprint density at radius 1 is 0.935 bits per heavy atom. The van der Waals surface area contributed by atoms with Gasteiger partial charge < -0.3 is 4.90 Å². The highest BCUT2D eigenvalue weighted by atomic mass is 32.2. The molecule has 2 fully saturated rings. The van der Waals surface area contributed by atoms with Gasteiger partial charge in [-0.25, -0.2) is 13.4 Å². The number of unbranched alkanes of at least 4 members (excludes halogenated alkanes) is 1. The van der Waals surface area contributed by atoms with Gasteiger partial charge in [0.15, 0.2) is 5.82 Å². The molecule has 1 saturated heterocycles. The van der Waals surface area contributed by atoms with Crippen LogP contribution in [0, 0.1) is 5.41 Å². The second-order valence-corrected chi connectivity index (χ2v) is 15.0.